The van der Waals surface area contributed by atoms with E-state index in [1.165, 1.54) is 5.56 Å². The van der Waals surface area contributed by atoms with E-state index in [1.54, 1.807) is 27.4 Å². The average molecular weight is 461 g/mol. The minimum Gasteiger partial charge on any atom is -0.496 e. The van der Waals surface area contributed by atoms with Gasteiger partial charge in [0.05, 0.1) is 32.4 Å². The summed E-state index contributed by atoms with van der Waals surface area (Å²) in [5.41, 5.74) is 3.44. The zero-order chi connectivity index (χ0) is 23.7. The second-order valence-corrected chi connectivity index (χ2v) is 8.35. The van der Waals surface area contributed by atoms with Crippen LogP contribution in [0, 0.1) is 0 Å². The van der Waals surface area contributed by atoms with Crippen LogP contribution in [0.25, 0.3) is 21.8 Å². The number of benzene rings is 2. The number of methoxy groups -OCH3 is 3. The molecule has 0 radical (unpaired) electrons. The van der Waals surface area contributed by atoms with Gasteiger partial charge in [-0.1, -0.05) is 24.3 Å². The third-order valence-electron chi connectivity index (χ3n) is 6.44. The summed E-state index contributed by atoms with van der Waals surface area (Å²) in [6.45, 7) is 3.73. The van der Waals surface area contributed by atoms with Gasteiger partial charge in [0, 0.05) is 55.8 Å². The number of para-hydroxylation sites is 1. The number of aromatic amines is 1. The van der Waals surface area contributed by atoms with Gasteiger partial charge in [-0.3, -0.25) is 14.7 Å². The van der Waals surface area contributed by atoms with Gasteiger partial charge >= 0.3 is 0 Å². The van der Waals surface area contributed by atoms with Crippen LogP contribution in [0.15, 0.2) is 48.7 Å². The number of ether oxygens (including phenoxy) is 3. The van der Waals surface area contributed by atoms with E-state index in [2.05, 4.69) is 39.1 Å². The van der Waals surface area contributed by atoms with Crippen LogP contribution in [0.5, 0.6) is 17.2 Å². The lowest BCUT2D eigenvalue weighted by Gasteiger charge is -2.34. The van der Waals surface area contributed by atoms with Crippen LogP contribution in [-0.4, -0.2) is 73.2 Å². The minimum absolute atomic E-state index is 0.0363. The van der Waals surface area contributed by atoms with Crippen molar-refractivity contribution in [3.8, 4) is 17.2 Å². The van der Waals surface area contributed by atoms with E-state index in [4.69, 9.17) is 14.2 Å². The summed E-state index contributed by atoms with van der Waals surface area (Å²) in [4.78, 5) is 25.4. The van der Waals surface area contributed by atoms with Crippen LogP contribution in [0.3, 0.4) is 0 Å². The topological polar surface area (TPSA) is 79.9 Å². The third kappa shape index (κ3) is 3.90. The Morgan fingerprint density at radius 1 is 0.971 bits per heavy atom. The fourth-order valence-corrected chi connectivity index (χ4v) is 4.67. The van der Waals surface area contributed by atoms with Crippen molar-refractivity contribution >= 4 is 27.7 Å². The van der Waals surface area contributed by atoms with Crippen LogP contribution in [0.2, 0.25) is 0 Å². The Morgan fingerprint density at radius 3 is 2.47 bits per heavy atom. The fraction of sp³-hybridized carbons (Fsp3) is 0.308. The molecule has 2 aromatic heterocycles. The van der Waals surface area contributed by atoms with Crippen molar-refractivity contribution in [3.05, 3.63) is 59.9 Å². The van der Waals surface area contributed by atoms with E-state index in [1.807, 2.05) is 23.2 Å². The van der Waals surface area contributed by atoms with E-state index >= 15 is 0 Å². The third-order valence-corrected chi connectivity index (χ3v) is 6.44. The van der Waals surface area contributed by atoms with Crippen LogP contribution in [0.1, 0.15) is 16.1 Å². The number of fused-ring (bicyclic) bond motifs is 2. The Hall–Kier alpha value is -3.78. The Kier molecular flexibility index (Phi) is 5.98. The largest absolute Gasteiger partial charge is 0.496 e. The van der Waals surface area contributed by atoms with Gasteiger partial charge in [0.15, 0.2) is 11.5 Å². The van der Waals surface area contributed by atoms with Crippen LogP contribution < -0.4 is 14.2 Å². The predicted molar refractivity (Wildman–Crippen MR) is 131 cm³/mol. The highest BCUT2D eigenvalue weighted by atomic mass is 16.5. The number of hydrogen-bond acceptors (Lipinski definition) is 6. The molecule has 0 spiro atoms. The molecule has 0 atom stereocenters. The van der Waals surface area contributed by atoms with Gasteiger partial charge in [0.25, 0.3) is 5.91 Å². The first kappa shape index (κ1) is 22.0. The number of amides is 1. The Morgan fingerprint density at radius 2 is 1.74 bits per heavy atom. The molecule has 5 rings (SSSR count). The first-order valence-electron chi connectivity index (χ1n) is 11.3. The molecule has 2 aromatic carbocycles. The van der Waals surface area contributed by atoms with Crippen molar-refractivity contribution in [2.75, 3.05) is 47.5 Å². The predicted octanol–water partition coefficient (Wildman–Crippen LogP) is 3.70. The molecule has 0 saturated carbocycles. The molecule has 1 N–H and O–H groups in total. The molecule has 8 heteroatoms. The highest BCUT2D eigenvalue weighted by Gasteiger charge is 2.26. The zero-order valence-electron chi connectivity index (χ0n) is 19.6. The molecule has 1 saturated heterocycles. The second kappa shape index (κ2) is 9.23. The lowest BCUT2D eigenvalue weighted by atomic mass is 10.1. The van der Waals surface area contributed by atoms with Crippen molar-refractivity contribution in [3.63, 3.8) is 0 Å². The molecule has 1 fully saturated rings. The van der Waals surface area contributed by atoms with Gasteiger partial charge in [-0.2, -0.15) is 0 Å². The van der Waals surface area contributed by atoms with E-state index in [0.717, 1.165) is 35.9 Å². The van der Waals surface area contributed by atoms with Gasteiger partial charge in [-0.15, -0.1) is 0 Å². The van der Waals surface area contributed by atoms with Gasteiger partial charge < -0.3 is 24.1 Å². The van der Waals surface area contributed by atoms with Crippen molar-refractivity contribution in [2.45, 2.75) is 6.54 Å². The first-order chi connectivity index (χ1) is 16.6. The van der Waals surface area contributed by atoms with Gasteiger partial charge in [-0.25, -0.2) is 0 Å². The van der Waals surface area contributed by atoms with Gasteiger partial charge in [-0.05, 0) is 17.7 Å². The Labute approximate surface area is 198 Å². The number of nitrogens with zero attached hydrogens (tertiary/aromatic N) is 3. The molecule has 8 nitrogen and oxygen atoms in total. The number of carbonyl (C=O) groups excluding carboxylic acids is 1. The van der Waals surface area contributed by atoms with Crippen molar-refractivity contribution in [1.82, 2.24) is 19.8 Å². The number of nitrogens with one attached hydrogen (secondary N) is 1. The molecular formula is C26H28N4O4. The molecule has 3 heterocycles. The molecule has 176 valence electrons. The Bertz CT molecular complexity index is 1340. The highest BCUT2D eigenvalue weighted by Crippen LogP contribution is 2.41. The number of rotatable bonds is 6. The maximum Gasteiger partial charge on any atom is 0.270 e. The molecule has 1 aliphatic rings. The summed E-state index contributed by atoms with van der Waals surface area (Å²) in [5, 5.41) is 1.93. The average Bonchev–Trinajstić information content (AvgIpc) is 3.33. The number of carbonyl (C=O) groups is 1. The maximum atomic E-state index is 13.3. The molecule has 34 heavy (non-hydrogen) atoms. The maximum absolute atomic E-state index is 13.3. The minimum atomic E-state index is -0.0363. The van der Waals surface area contributed by atoms with Crippen molar-refractivity contribution in [2.24, 2.45) is 0 Å². The highest BCUT2D eigenvalue weighted by molar-refractivity contribution is 6.02. The second-order valence-electron chi connectivity index (χ2n) is 8.35. The smallest absolute Gasteiger partial charge is 0.270 e. The lowest BCUT2D eigenvalue weighted by Crippen LogP contribution is -2.48. The SMILES string of the molecule is COc1cc(OC)c2cc(C(=O)N3CCN(Cc4cccc5cccnc45)CC3)[nH]c2c1OC. The Balaban J connectivity index is 1.32. The van der Waals surface area contributed by atoms with Gasteiger partial charge in [0.2, 0.25) is 0 Å². The van der Waals surface area contributed by atoms with Crippen LogP contribution in [0.4, 0.5) is 0 Å². The van der Waals surface area contributed by atoms with Crippen LogP contribution >= 0.6 is 0 Å². The van der Waals surface area contributed by atoms with Crippen molar-refractivity contribution in [1.29, 1.82) is 0 Å². The standard InChI is InChI=1S/C26H28N4O4/c1-32-21-15-22(33-2)25(34-3)24-19(21)14-20(28-24)26(31)30-12-10-29(11-13-30)16-18-7-4-6-17-8-5-9-27-23(17)18/h4-9,14-15,28H,10-13,16H2,1-3H3. The molecule has 4 aromatic rings. The first-order valence-corrected chi connectivity index (χ1v) is 11.3. The normalized spacial score (nSPS) is 14.5. The fourth-order valence-electron chi connectivity index (χ4n) is 4.67. The molecule has 1 amide bonds. The summed E-state index contributed by atoms with van der Waals surface area (Å²) in [5.74, 6) is 1.68. The zero-order valence-corrected chi connectivity index (χ0v) is 19.6. The number of aromatic nitrogens is 2. The number of hydrogen-bond donors (Lipinski definition) is 1. The summed E-state index contributed by atoms with van der Waals surface area (Å²) >= 11 is 0. The van der Waals surface area contributed by atoms with Crippen molar-refractivity contribution < 1.29 is 19.0 Å². The quantitative estimate of drug-likeness (QED) is 0.473. The molecular weight excluding hydrogens is 432 g/mol. The van der Waals surface area contributed by atoms with Crippen LogP contribution in [-0.2, 0) is 6.54 Å². The van der Waals surface area contributed by atoms with E-state index in [9.17, 15) is 4.79 Å². The number of piperazine rings is 1. The summed E-state index contributed by atoms with van der Waals surface area (Å²) in [6, 6.07) is 13.9. The monoisotopic (exact) mass is 460 g/mol. The lowest BCUT2D eigenvalue weighted by molar-refractivity contribution is 0.0624. The summed E-state index contributed by atoms with van der Waals surface area (Å²) in [7, 11) is 4.75. The molecule has 0 aliphatic carbocycles. The van der Waals surface area contributed by atoms with E-state index in [0.29, 0.717) is 41.5 Å². The van der Waals surface area contributed by atoms with Gasteiger partial charge in [0.1, 0.15) is 11.4 Å². The molecule has 0 unspecified atom stereocenters. The van der Waals surface area contributed by atoms with E-state index in [-0.39, 0.29) is 5.91 Å². The molecule has 0 bridgehead atoms. The number of H-pyrrole nitrogens is 1. The summed E-state index contributed by atoms with van der Waals surface area (Å²) < 4.78 is 16.5. The number of pyridine rings is 1. The summed E-state index contributed by atoms with van der Waals surface area (Å²) in [6.07, 6.45) is 1.84. The molecule has 1 aliphatic heterocycles. The van der Waals surface area contributed by atoms with E-state index < -0.39 is 0 Å².